The van der Waals surface area contributed by atoms with Gasteiger partial charge in [0.2, 0.25) is 5.88 Å². The number of rotatable bonds is 2. The topological polar surface area (TPSA) is 45.9 Å². The van der Waals surface area contributed by atoms with Crippen molar-refractivity contribution < 1.29 is 13.5 Å². The van der Waals surface area contributed by atoms with E-state index in [1.807, 2.05) is 6.07 Å². The normalized spacial score (nSPS) is 9.89. The summed E-state index contributed by atoms with van der Waals surface area (Å²) >= 11 is 0. The molecule has 0 aliphatic rings. The molecular formula is C13H8F2N2O. The minimum Gasteiger partial charge on any atom is -0.437 e. The van der Waals surface area contributed by atoms with Crippen LogP contribution in [0.2, 0.25) is 0 Å². The molecule has 1 heterocycles. The SMILES string of the molecule is Cc1ccnc(Oc2cc(F)cc(F)c2)c1C#N. The summed E-state index contributed by atoms with van der Waals surface area (Å²) in [5.74, 6) is -1.52. The Morgan fingerprint density at radius 1 is 1.22 bits per heavy atom. The first-order chi connectivity index (χ1) is 8.60. The van der Waals surface area contributed by atoms with E-state index in [9.17, 15) is 8.78 Å². The second-order valence-corrected chi connectivity index (χ2v) is 3.63. The average molecular weight is 246 g/mol. The highest BCUT2D eigenvalue weighted by Crippen LogP contribution is 2.25. The number of aryl methyl sites for hydroxylation is 1. The molecule has 0 amide bonds. The third kappa shape index (κ3) is 2.43. The second kappa shape index (κ2) is 4.80. The van der Waals surface area contributed by atoms with Gasteiger partial charge in [-0.3, -0.25) is 0 Å². The number of halogens is 2. The molecule has 2 rings (SSSR count). The monoisotopic (exact) mass is 246 g/mol. The van der Waals surface area contributed by atoms with Crippen molar-refractivity contribution in [2.24, 2.45) is 0 Å². The van der Waals surface area contributed by atoms with Gasteiger partial charge in [-0.1, -0.05) is 0 Å². The highest BCUT2D eigenvalue weighted by molar-refractivity contribution is 5.45. The summed E-state index contributed by atoms with van der Waals surface area (Å²) < 4.78 is 31.2. The molecule has 5 heteroatoms. The average Bonchev–Trinajstić information content (AvgIpc) is 2.27. The van der Waals surface area contributed by atoms with Gasteiger partial charge in [0, 0.05) is 24.4 Å². The minimum absolute atomic E-state index is 0.0301. The Morgan fingerprint density at radius 2 is 1.89 bits per heavy atom. The number of ether oxygens (including phenoxy) is 1. The molecule has 0 saturated carbocycles. The molecule has 1 aromatic carbocycles. The maximum absolute atomic E-state index is 13.0. The third-order valence-corrected chi connectivity index (χ3v) is 2.29. The Balaban J connectivity index is 2.40. The number of pyridine rings is 1. The van der Waals surface area contributed by atoms with Gasteiger partial charge in [0.1, 0.15) is 29.0 Å². The molecule has 0 bridgehead atoms. The zero-order valence-corrected chi connectivity index (χ0v) is 9.45. The molecule has 0 spiro atoms. The molecular weight excluding hydrogens is 238 g/mol. The number of nitrogens with zero attached hydrogens (tertiary/aromatic N) is 2. The highest BCUT2D eigenvalue weighted by atomic mass is 19.1. The fourth-order valence-electron chi connectivity index (χ4n) is 1.45. The van der Waals surface area contributed by atoms with Crippen LogP contribution in [0, 0.1) is 29.9 Å². The van der Waals surface area contributed by atoms with E-state index in [1.54, 1.807) is 13.0 Å². The Morgan fingerprint density at radius 3 is 2.50 bits per heavy atom. The molecule has 0 radical (unpaired) electrons. The van der Waals surface area contributed by atoms with Crippen LogP contribution in [-0.2, 0) is 0 Å². The lowest BCUT2D eigenvalue weighted by atomic mass is 10.2. The van der Waals surface area contributed by atoms with Crippen molar-refractivity contribution in [1.29, 1.82) is 5.26 Å². The van der Waals surface area contributed by atoms with Crippen molar-refractivity contribution in [3.05, 3.63) is 53.2 Å². The first-order valence-corrected chi connectivity index (χ1v) is 5.10. The Hall–Kier alpha value is -2.48. The van der Waals surface area contributed by atoms with E-state index in [0.29, 0.717) is 5.56 Å². The van der Waals surface area contributed by atoms with Crippen molar-refractivity contribution in [3.8, 4) is 17.7 Å². The van der Waals surface area contributed by atoms with Crippen LogP contribution in [0.25, 0.3) is 0 Å². The molecule has 0 atom stereocenters. The molecule has 0 unspecified atom stereocenters. The first kappa shape index (κ1) is 12.0. The fourth-order valence-corrected chi connectivity index (χ4v) is 1.45. The number of benzene rings is 1. The summed E-state index contributed by atoms with van der Waals surface area (Å²) in [5, 5.41) is 8.97. The molecule has 0 saturated heterocycles. The van der Waals surface area contributed by atoms with Gasteiger partial charge >= 0.3 is 0 Å². The van der Waals surface area contributed by atoms with Crippen LogP contribution in [0.5, 0.6) is 11.6 Å². The van der Waals surface area contributed by atoms with E-state index >= 15 is 0 Å². The van der Waals surface area contributed by atoms with Crippen LogP contribution >= 0.6 is 0 Å². The van der Waals surface area contributed by atoms with Gasteiger partial charge in [-0.25, -0.2) is 13.8 Å². The molecule has 1 aromatic heterocycles. The zero-order valence-electron chi connectivity index (χ0n) is 9.45. The van der Waals surface area contributed by atoms with Crippen LogP contribution in [-0.4, -0.2) is 4.98 Å². The summed E-state index contributed by atoms with van der Waals surface area (Å²) in [5.41, 5.74) is 0.918. The number of hydrogen-bond acceptors (Lipinski definition) is 3. The van der Waals surface area contributed by atoms with Gasteiger partial charge in [-0.2, -0.15) is 5.26 Å². The van der Waals surface area contributed by atoms with Crippen molar-refractivity contribution in [3.63, 3.8) is 0 Å². The molecule has 0 N–H and O–H groups in total. The summed E-state index contributed by atoms with van der Waals surface area (Å²) in [4.78, 5) is 3.88. The Bertz CT molecular complexity index is 615. The van der Waals surface area contributed by atoms with Gasteiger partial charge in [-0.15, -0.1) is 0 Å². The summed E-state index contributed by atoms with van der Waals surface area (Å²) in [7, 11) is 0. The maximum atomic E-state index is 13.0. The highest BCUT2D eigenvalue weighted by Gasteiger charge is 2.10. The smallest absolute Gasteiger partial charge is 0.237 e. The van der Waals surface area contributed by atoms with Crippen molar-refractivity contribution >= 4 is 0 Å². The van der Waals surface area contributed by atoms with Crippen LogP contribution in [0.1, 0.15) is 11.1 Å². The van der Waals surface area contributed by atoms with Crippen LogP contribution in [0.15, 0.2) is 30.5 Å². The van der Waals surface area contributed by atoms with Gasteiger partial charge in [0.25, 0.3) is 0 Å². The summed E-state index contributed by atoms with van der Waals surface area (Å²) in [6.45, 7) is 1.72. The fraction of sp³-hybridized carbons (Fsp3) is 0.0769. The van der Waals surface area contributed by atoms with Gasteiger partial charge in [0.05, 0.1) is 0 Å². The van der Waals surface area contributed by atoms with Crippen molar-refractivity contribution in [2.45, 2.75) is 6.92 Å². The van der Waals surface area contributed by atoms with E-state index in [0.717, 1.165) is 18.2 Å². The maximum Gasteiger partial charge on any atom is 0.237 e. The second-order valence-electron chi connectivity index (χ2n) is 3.63. The van der Waals surface area contributed by atoms with Crippen molar-refractivity contribution in [1.82, 2.24) is 4.98 Å². The third-order valence-electron chi connectivity index (χ3n) is 2.29. The largest absolute Gasteiger partial charge is 0.437 e. The van der Waals surface area contributed by atoms with E-state index in [4.69, 9.17) is 10.00 Å². The molecule has 3 nitrogen and oxygen atoms in total. The standard InChI is InChI=1S/C13H8F2N2O/c1-8-2-3-17-13(12(8)7-16)18-11-5-9(14)4-10(15)6-11/h2-6H,1H3. The Kier molecular flexibility index (Phi) is 3.20. The van der Waals surface area contributed by atoms with E-state index in [2.05, 4.69) is 4.98 Å². The van der Waals surface area contributed by atoms with E-state index in [1.165, 1.54) is 6.20 Å². The predicted molar refractivity (Wildman–Crippen MR) is 60.1 cm³/mol. The zero-order chi connectivity index (χ0) is 13.1. The minimum atomic E-state index is -0.754. The van der Waals surface area contributed by atoms with Gasteiger partial charge in [0.15, 0.2) is 0 Å². The van der Waals surface area contributed by atoms with Crippen LogP contribution < -0.4 is 4.74 Å². The number of nitriles is 1. The molecule has 90 valence electrons. The van der Waals surface area contributed by atoms with Crippen molar-refractivity contribution in [2.75, 3.05) is 0 Å². The Labute approximate surface area is 102 Å². The predicted octanol–water partition coefficient (Wildman–Crippen LogP) is 3.33. The van der Waals surface area contributed by atoms with Gasteiger partial charge in [-0.05, 0) is 18.6 Å². The molecule has 0 aliphatic carbocycles. The number of hydrogen-bond donors (Lipinski definition) is 0. The van der Waals surface area contributed by atoms with E-state index < -0.39 is 11.6 Å². The summed E-state index contributed by atoms with van der Waals surface area (Å²) in [6.07, 6.45) is 1.46. The van der Waals surface area contributed by atoms with Gasteiger partial charge < -0.3 is 4.74 Å². The lowest BCUT2D eigenvalue weighted by Crippen LogP contribution is -1.95. The molecule has 0 aliphatic heterocycles. The molecule has 18 heavy (non-hydrogen) atoms. The van der Waals surface area contributed by atoms with Crippen LogP contribution in [0.4, 0.5) is 8.78 Å². The lowest BCUT2D eigenvalue weighted by Gasteiger charge is -2.07. The van der Waals surface area contributed by atoms with E-state index in [-0.39, 0.29) is 17.2 Å². The quantitative estimate of drug-likeness (QED) is 0.816. The number of aromatic nitrogens is 1. The summed E-state index contributed by atoms with van der Waals surface area (Å²) in [6, 6.07) is 6.37. The van der Waals surface area contributed by atoms with Crippen LogP contribution in [0.3, 0.4) is 0 Å². The molecule has 2 aromatic rings. The first-order valence-electron chi connectivity index (χ1n) is 5.10. The molecule has 0 fully saturated rings. The lowest BCUT2D eigenvalue weighted by molar-refractivity contribution is 0.449.